The molecule has 37 heavy (non-hydrogen) atoms. The number of imidazole rings is 1. The van der Waals surface area contributed by atoms with E-state index in [4.69, 9.17) is 26.2 Å². The van der Waals surface area contributed by atoms with E-state index in [2.05, 4.69) is 21.9 Å². The van der Waals surface area contributed by atoms with Crippen LogP contribution >= 0.6 is 7.60 Å². The number of anilines is 1. The van der Waals surface area contributed by atoms with E-state index in [1.54, 1.807) is 10.9 Å². The lowest BCUT2D eigenvalue weighted by Gasteiger charge is -2.17. The molecule has 2 rings (SSSR count). The monoisotopic (exact) mass is 575 g/mol. The molecule has 12 heteroatoms. The maximum atomic E-state index is 12.4. The predicted molar refractivity (Wildman–Crippen MR) is 156 cm³/mol. The predicted octanol–water partition coefficient (Wildman–Crippen LogP) is 5.75. The zero-order valence-corrected chi connectivity index (χ0v) is 25.1. The van der Waals surface area contributed by atoms with Crippen LogP contribution in [-0.2, 0) is 41.0 Å². The van der Waals surface area contributed by atoms with Gasteiger partial charge in [0.15, 0.2) is 11.5 Å². The van der Waals surface area contributed by atoms with Crippen molar-refractivity contribution < 1.29 is 18.7 Å². The Balaban J connectivity index is 1.49. The highest BCUT2D eigenvalue weighted by Crippen LogP contribution is 2.41. The van der Waals surface area contributed by atoms with Gasteiger partial charge >= 0.3 is 7.60 Å². The van der Waals surface area contributed by atoms with Gasteiger partial charge in [-0.15, -0.1) is 9.45 Å². The van der Waals surface area contributed by atoms with Gasteiger partial charge in [-0.25, -0.2) is 15.0 Å². The van der Waals surface area contributed by atoms with Gasteiger partial charge in [-0.1, -0.05) is 88.7 Å². The average molecular weight is 576 g/mol. The summed E-state index contributed by atoms with van der Waals surface area (Å²) in [7, 11) is -4.06. The molecule has 0 radical (unpaired) electrons. The molecule has 2 aromatic heterocycles. The van der Waals surface area contributed by atoms with Gasteiger partial charge in [0.05, 0.1) is 25.6 Å². The third kappa shape index (κ3) is 13.6. The van der Waals surface area contributed by atoms with Crippen LogP contribution in [0.1, 0.15) is 90.9 Å². The minimum absolute atomic E-state index is 0.179. The minimum Gasteiger partial charge on any atom is -0.382 e. The van der Waals surface area contributed by atoms with E-state index in [1.807, 2.05) is 6.92 Å². The van der Waals surface area contributed by atoms with E-state index in [-0.39, 0.29) is 28.5 Å². The molecular weight excluding hydrogens is 529 g/mol. The highest BCUT2D eigenvalue weighted by molar-refractivity contribution is 8.28. The van der Waals surface area contributed by atoms with E-state index < -0.39 is 7.60 Å². The Labute approximate surface area is 229 Å². The van der Waals surface area contributed by atoms with Crippen LogP contribution < -0.4 is 5.73 Å². The van der Waals surface area contributed by atoms with Crippen molar-refractivity contribution in [2.75, 3.05) is 30.2 Å². The van der Waals surface area contributed by atoms with E-state index >= 15 is 0 Å². The summed E-state index contributed by atoms with van der Waals surface area (Å²) in [6.07, 6.45) is 18.1. The zero-order chi connectivity index (χ0) is 26.9. The van der Waals surface area contributed by atoms with Crippen LogP contribution in [0, 0.1) is 0 Å². The van der Waals surface area contributed by atoms with Crippen LogP contribution in [0.25, 0.3) is 11.2 Å². The molecule has 0 amide bonds. The fourth-order valence-corrected chi connectivity index (χ4v) is 6.67. The summed E-state index contributed by atoms with van der Waals surface area (Å²) in [6, 6.07) is 0. The van der Waals surface area contributed by atoms with Gasteiger partial charge < -0.3 is 24.5 Å². The summed E-state index contributed by atoms with van der Waals surface area (Å²) < 4.78 is 25.0. The second-order valence-electron chi connectivity index (χ2n) is 9.64. The maximum Gasteiger partial charge on any atom is 0.353 e. The summed E-state index contributed by atoms with van der Waals surface area (Å²) >= 11 is 5.54. The molecule has 3 N–H and O–H groups in total. The number of nitrogens with two attached hydrogens (primary N) is 1. The average Bonchev–Trinajstić information content (AvgIpc) is 3.27. The highest BCUT2D eigenvalue weighted by Gasteiger charge is 2.22. The number of hydrogen-bond donors (Lipinski definition) is 2. The molecule has 0 fully saturated rings. The van der Waals surface area contributed by atoms with Gasteiger partial charge in [0, 0.05) is 5.75 Å². The van der Waals surface area contributed by atoms with Gasteiger partial charge in [-0.2, -0.15) is 0 Å². The fourth-order valence-electron chi connectivity index (χ4n) is 4.10. The first-order valence-electron chi connectivity index (χ1n) is 13.7. The van der Waals surface area contributed by atoms with E-state index in [0.717, 1.165) is 12.2 Å². The molecule has 0 spiro atoms. The van der Waals surface area contributed by atoms with Crippen molar-refractivity contribution in [2.45, 2.75) is 104 Å². The van der Waals surface area contributed by atoms with Crippen LogP contribution in [0.5, 0.6) is 0 Å². The third-order valence-electron chi connectivity index (χ3n) is 6.24. The molecule has 0 aliphatic carbocycles. The van der Waals surface area contributed by atoms with Crippen molar-refractivity contribution in [2.24, 2.45) is 0 Å². The molecule has 0 aliphatic rings. The molecule has 2 unspecified atom stereocenters. The number of rotatable bonds is 22. The van der Waals surface area contributed by atoms with Crippen LogP contribution in [0.4, 0.5) is 5.82 Å². The number of unbranched alkanes of at least 4 members (excludes halogenated alkanes) is 11. The summed E-state index contributed by atoms with van der Waals surface area (Å²) in [5.41, 5.74) is 6.92. The lowest BCUT2D eigenvalue weighted by Crippen LogP contribution is -2.18. The van der Waals surface area contributed by atoms with Crippen molar-refractivity contribution in [1.29, 1.82) is 0 Å². The molecule has 3 atom stereocenters. The minimum atomic E-state index is -3.84. The third-order valence-corrected chi connectivity index (χ3v) is 9.66. The molecule has 9 nitrogen and oxygen atoms in total. The Hall–Kier alpha value is -0.970. The summed E-state index contributed by atoms with van der Waals surface area (Å²) in [5, 5.41) is 0. The quantitative estimate of drug-likeness (QED) is 0.133. The van der Waals surface area contributed by atoms with Crippen molar-refractivity contribution in [3.05, 3.63) is 12.7 Å². The van der Waals surface area contributed by atoms with Gasteiger partial charge in [-0.05, 0) is 19.1 Å². The van der Waals surface area contributed by atoms with Crippen molar-refractivity contribution in [3.63, 3.8) is 0 Å². The first-order chi connectivity index (χ1) is 17.8. The smallest absolute Gasteiger partial charge is 0.353 e. The molecule has 0 aliphatic heterocycles. The number of ether oxygens (including phenoxy) is 1. The Kier molecular flexibility index (Phi) is 16.0. The zero-order valence-electron chi connectivity index (χ0n) is 22.6. The Morgan fingerprint density at radius 1 is 1.03 bits per heavy atom. The van der Waals surface area contributed by atoms with Crippen LogP contribution in [0.3, 0.4) is 0 Å². The maximum absolute atomic E-state index is 12.4. The van der Waals surface area contributed by atoms with Gasteiger partial charge in [0.25, 0.3) is 0 Å². The first-order valence-corrected chi connectivity index (χ1v) is 17.9. The topological polar surface area (TPSA) is 125 Å². The lowest BCUT2D eigenvalue weighted by atomic mass is 10.1. The molecular formula is C25H46N5O4PS2. The number of fused-ring (bicyclic) bond motifs is 1. The summed E-state index contributed by atoms with van der Waals surface area (Å²) in [6.45, 7) is 4.65. The van der Waals surface area contributed by atoms with E-state index in [9.17, 15) is 9.46 Å². The van der Waals surface area contributed by atoms with Gasteiger partial charge in [0.1, 0.15) is 18.2 Å². The van der Waals surface area contributed by atoms with Crippen molar-refractivity contribution >= 4 is 45.2 Å². The Bertz CT molecular complexity index is 978. The van der Waals surface area contributed by atoms with Crippen molar-refractivity contribution in [1.82, 2.24) is 19.5 Å². The number of hydrogen-bond acceptors (Lipinski definition) is 8. The summed E-state index contributed by atoms with van der Waals surface area (Å²) in [5.74, 6) is 1.91. The fraction of sp³-hybridized carbons (Fsp3) is 0.800. The molecule has 0 saturated carbocycles. The first kappa shape index (κ1) is 32.2. The Morgan fingerprint density at radius 2 is 1.65 bits per heavy atom. The molecule has 0 saturated heterocycles. The standard InChI is InChI=1S/C25H46N5O4PS2/c1-3-4-5-6-7-8-9-10-11-12-13-14-16-37(36)17-15-34-35(31,32)21-33-22(2)18-30-20-29-23-24(26)27-19-28-25(23)30/h19-20,22H,3-18,21H2,1-2H3,(H,31,32)(H2,26,27,28)/t22-,37?/m1/s1. The molecule has 212 valence electrons. The van der Waals surface area contributed by atoms with Crippen molar-refractivity contribution in [3.8, 4) is 0 Å². The van der Waals surface area contributed by atoms with Gasteiger partial charge in [0.2, 0.25) is 0 Å². The normalized spacial score (nSPS) is 15.1. The van der Waals surface area contributed by atoms with Crippen LogP contribution in [-0.4, -0.2) is 55.0 Å². The summed E-state index contributed by atoms with van der Waals surface area (Å²) in [4.78, 5) is 22.4. The number of nitrogens with zero attached hydrogens (tertiary/aromatic N) is 4. The number of nitrogen functional groups attached to an aromatic ring is 1. The van der Waals surface area contributed by atoms with E-state index in [0.29, 0.717) is 29.3 Å². The Morgan fingerprint density at radius 3 is 2.30 bits per heavy atom. The largest absolute Gasteiger partial charge is 0.382 e. The lowest BCUT2D eigenvalue weighted by molar-refractivity contribution is 0.0724. The molecule has 2 aromatic rings. The van der Waals surface area contributed by atoms with Gasteiger partial charge in [-0.3, -0.25) is 4.57 Å². The molecule has 0 aromatic carbocycles. The van der Waals surface area contributed by atoms with Crippen LogP contribution in [0.15, 0.2) is 12.7 Å². The molecule has 0 bridgehead atoms. The highest BCUT2D eigenvalue weighted by atomic mass is 32.8. The number of aromatic nitrogens is 4. The second kappa shape index (κ2) is 18.3. The van der Waals surface area contributed by atoms with E-state index in [1.165, 1.54) is 77.0 Å². The SMILES string of the molecule is CCCCCCCCCCCCCCS(=S)CCOP(=O)(O)CO[C@H](C)Cn1cnc2c(N)ncnc21. The molecule has 2 heterocycles. The second-order valence-corrected chi connectivity index (χ2v) is 14.5. The van der Waals surface area contributed by atoms with Crippen LogP contribution in [0.2, 0.25) is 0 Å².